The Kier molecular flexibility index (Phi) is 3.94. The van der Waals surface area contributed by atoms with Gasteiger partial charge < -0.3 is 10.6 Å². The van der Waals surface area contributed by atoms with Crippen LogP contribution in [-0.2, 0) is 0 Å². The van der Waals surface area contributed by atoms with E-state index < -0.39 is 0 Å². The molecule has 1 aliphatic rings. The molecule has 1 aliphatic heterocycles. The largest absolute Gasteiger partial charge is 0.381 e. The Hall–Kier alpha value is -1.60. The molecule has 0 amide bonds. The zero-order valence-corrected chi connectivity index (χ0v) is 9.67. The van der Waals surface area contributed by atoms with Crippen molar-refractivity contribution in [2.45, 2.75) is 25.3 Å². The van der Waals surface area contributed by atoms with E-state index in [0.29, 0.717) is 11.6 Å². The van der Waals surface area contributed by atoms with Crippen LogP contribution in [0.2, 0.25) is 0 Å². The van der Waals surface area contributed by atoms with Crippen molar-refractivity contribution in [1.29, 1.82) is 5.26 Å². The van der Waals surface area contributed by atoms with Gasteiger partial charge >= 0.3 is 0 Å². The molecule has 2 rings (SSSR count). The topological polar surface area (TPSA) is 47.9 Å². The number of nitriles is 1. The van der Waals surface area contributed by atoms with Crippen LogP contribution in [0, 0.1) is 17.1 Å². The van der Waals surface area contributed by atoms with E-state index in [1.54, 1.807) is 6.07 Å². The minimum Gasteiger partial charge on any atom is -0.381 e. The first-order chi connectivity index (χ1) is 8.29. The minimum atomic E-state index is -0.366. The quantitative estimate of drug-likeness (QED) is 0.823. The molecule has 2 N–H and O–H groups in total. The van der Waals surface area contributed by atoms with Crippen LogP contribution in [0.5, 0.6) is 0 Å². The van der Waals surface area contributed by atoms with Crippen LogP contribution < -0.4 is 10.6 Å². The van der Waals surface area contributed by atoms with E-state index in [1.165, 1.54) is 12.1 Å². The van der Waals surface area contributed by atoms with Crippen molar-refractivity contribution in [3.63, 3.8) is 0 Å². The summed E-state index contributed by atoms with van der Waals surface area (Å²) < 4.78 is 13.0. The molecule has 90 valence electrons. The van der Waals surface area contributed by atoms with E-state index in [-0.39, 0.29) is 5.82 Å². The molecule has 1 saturated heterocycles. The maximum absolute atomic E-state index is 13.0. The van der Waals surface area contributed by atoms with E-state index >= 15 is 0 Å². The van der Waals surface area contributed by atoms with Gasteiger partial charge in [-0.2, -0.15) is 5.26 Å². The first kappa shape index (κ1) is 11.9. The van der Waals surface area contributed by atoms with Crippen molar-refractivity contribution in [3.05, 3.63) is 29.6 Å². The number of anilines is 1. The molecule has 0 bridgehead atoms. The maximum atomic E-state index is 13.0. The molecule has 0 radical (unpaired) electrons. The lowest BCUT2D eigenvalue weighted by Crippen LogP contribution is -2.22. The van der Waals surface area contributed by atoms with Gasteiger partial charge in [-0.1, -0.05) is 0 Å². The van der Waals surface area contributed by atoms with E-state index in [9.17, 15) is 4.39 Å². The van der Waals surface area contributed by atoms with E-state index in [2.05, 4.69) is 10.6 Å². The summed E-state index contributed by atoms with van der Waals surface area (Å²) in [6.45, 7) is 2.04. The summed E-state index contributed by atoms with van der Waals surface area (Å²) in [5.41, 5.74) is 1.11. The van der Waals surface area contributed by atoms with Crippen molar-refractivity contribution < 1.29 is 4.39 Å². The van der Waals surface area contributed by atoms with Gasteiger partial charge in [-0.25, -0.2) is 4.39 Å². The van der Waals surface area contributed by atoms with Gasteiger partial charge in [0.2, 0.25) is 0 Å². The van der Waals surface area contributed by atoms with Crippen molar-refractivity contribution in [2.75, 3.05) is 18.4 Å². The second-order valence-corrected chi connectivity index (χ2v) is 4.32. The van der Waals surface area contributed by atoms with Gasteiger partial charge in [0.25, 0.3) is 0 Å². The van der Waals surface area contributed by atoms with Crippen LogP contribution in [-0.4, -0.2) is 19.1 Å². The standard InChI is InChI=1S/C13H16FN3/c14-11-3-4-13(10(8-11)9-15)17-12-2-1-6-16-7-5-12/h3-4,8,12,16-17H,1-2,5-7H2. The fourth-order valence-electron chi connectivity index (χ4n) is 2.12. The summed E-state index contributed by atoms with van der Waals surface area (Å²) in [5.74, 6) is -0.366. The van der Waals surface area contributed by atoms with Crippen molar-refractivity contribution in [2.24, 2.45) is 0 Å². The van der Waals surface area contributed by atoms with E-state index in [1.807, 2.05) is 6.07 Å². The SMILES string of the molecule is N#Cc1cc(F)ccc1NC1CCCNCC1. The van der Waals surface area contributed by atoms with Crippen molar-refractivity contribution in [1.82, 2.24) is 5.32 Å². The Morgan fingerprint density at radius 3 is 3.06 bits per heavy atom. The van der Waals surface area contributed by atoms with Gasteiger partial charge in [0.1, 0.15) is 11.9 Å². The molecule has 0 aromatic heterocycles. The molecule has 1 fully saturated rings. The average molecular weight is 233 g/mol. The first-order valence-electron chi connectivity index (χ1n) is 5.96. The molecule has 1 heterocycles. The summed E-state index contributed by atoms with van der Waals surface area (Å²) in [6.07, 6.45) is 3.23. The Bertz CT molecular complexity index is 417. The molecule has 1 aromatic carbocycles. The number of halogens is 1. The molecule has 1 unspecified atom stereocenters. The summed E-state index contributed by atoms with van der Waals surface area (Å²) in [5, 5.41) is 15.6. The number of nitrogens with zero attached hydrogens (tertiary/aromatic N) is 1. The summed E-state index contributed by atoms with van der Waals surface area (Å²) in [4.78, 5) is 0. The fourth-order valence-corrected chi connectivity index (χ4v) is 2.12. The Morgan fingerprint density at radius 1 is 1.35 bits per heavy atom. The van der Waals surface area contributed by atoms with Crippen LogP contribution in [0.15, 0.2) is 18.2 Å². The summed E-state index contributed by atoms with van der Waals surface area (Å²) in [7, 11) is 0. The highest BCUT2D eigenvalue weighted by Crippen LogP contribution is 2.19. The van der Waals surface area contributed by atoms with Crippen LogP contribution in [0.3, 0.4) is 0 Å². The van der Waals surface area contributed by atoms with Crippen LogP contribution in [0.4, 0.5) is 10.1 Å². The van der Waals surface area contributed by atoms with Crippen molar-refractivity contribution >= 4 is 5.69 Å². The average Bonchev–Trinajstić information content (AvgIpc) is 2.60. The van der Waals surface area contributed by atoms with Crippen LogP contribution >= 0.6 is 0 Å². The maximum Gasteiger partial charge on any atom is 0.124 e. The zero-order chi connectivity index (χ0) is 12.1. The molecule has 0 saturated carbocycles. The third-order valence-corrected chi connectivity index (χ3v) is 3.04. The normalized spacial score (nSPS) is 20.4. The predicted octanol–water partition coefficient (Wildman–Crippen LogP) is 2.25. The van der Waals surface area contributed by atoms with Gasteiger partial charge in [0.15, 0.2) is 0 Å². The first-order valence-corrected chi connectivity index (χ1v) is 5.96. The molecule has 3 nitrogen and oxygen atoms in total. The number of rotatable bonds is 2. The van der Waals surface area contributed by atoms with Crippen LogP contribution in [0.25, 0.3) is 0 Å². The lowest BCUT2D eigenvalue weighted by Gasteiger charge is -2.18. The van der Waals surface area contributed by atoms with E-state index in [0.717, 1.165) is 38.0 Å². The highest BCUT2D eigenvalue weighted by Gasteiger charge is 2.13. The highest BCUT2D eigenvalue weighted by molar-refractivity contribution is 5.57. The summed E-state index contributed by atoms with van der Waals surface area (Å²) >= 11 is 0. The second kappa shape index (κ2) is 5.65. The summed E-state index contributed by atoms with van der Waals surface area (Å²) in [6, 6.07) is 6.69. The minimum absolute atomic E-state index is 0.363. The number of benzene rings is 1. The van der Waals surface area contributed by atoms with Gasteiger partial charge in [-0.3, -0.25) is 0 Å². The predicted molar refractivity (Wildman–Crippen MR) is 65.2 cm³/mol. The van der Waals surface area contributed by atoms with Gasteiger partial charge in [-0.15, -0.1) is 0 Å². The lowest BCUT2D eigenvalue weighted by atomic mass is 10.1. The monoisotopic (exact) mass is 233 g/mol. The fraction of sp³-hybridized carbons (Fsp3) is 0.462. The molecule has 0 aliphatic carbocycles. The Labute approximate surface area is 101 Å². The molecule has 4 heteroatoms. The molecular formula is C13H16FN3. The molecule has 1 aromatic rings. The van der Waals surface area contributed by atoms with Crippen molar-refractivity contribution in [3.8, 4) is 6.07 Å². The number of nitrogens with one attached hydrogen (secondary N) is 2. The smallest absolute Gasteiger partial charge is 0.124 e. The second-order valence-electron chi connectivity index (χ2n) is 4.32. The lowest BCUT2D eigenvalue weighted by molar-refractivity contribution is 0.624. The van der Waals surface area contributed by atoms with E-state index in [4.69, 9.17) is 5.26 Å². The van der Waals surface area contributed by atoms with Crippen LogP contribution in [0.1, 0.15) is 24.8 Å². The zero-order valence-electron chi connectivity index (χ0n) is 9.67. The molecule has 17 heavy (non-hydrogen) atoms. The van der Waals surface area contributed by atoms with Gasteiger partial charge in [0, 0.05) is 6.04 Å². The number of hydrogen-bond donors (Lipinski definition) is 2. The molecule has 1 atom stereocenters. The third kappa shape index (κ3) is 3.18. The van der Waals surface area contributed by atoms with Gasteiger partial charge in [0.05, 0.1) is 11.3 Å². The highest BCUT2D eigenvalue weighted by atomic mass is 19.1. The van der Waals surface area contributed by atoms with Gasteiger partial charge in [-0.05, 0) is 50.6 Å². The Balaban J connectivity index is 2.09. The molecule has 0 spiro atoms. The Morgan fingerprint density at radius 2 is 2.24 bits per heavy atom. The number of hydrogen-bond acceptors (Lipinski definition) is 3. The third-order valence-electron chi connectivity index (χ3n) is 3.04. The molecular weight excluding hydrogens is 217 g/mol.